The van der Waals surface area contributed by atoms with Gasteiger partial charge in [-0.3, -0.25) is 0 Å². The van der Waals surface area contributed by atoms with Crippen molar-refractivity contribution in [3.63, 3.8) is 0 Å². The van der Waals surface area contributed by atoms with Crippen LogP contribution in [0.25, 0.3) is 5.78 Å². The van der Waals surface area contributed by atoms with E-state index in [0.717, 1.165) is 29.3 Å². The lowest BCUT2D eigenvalue weighted by Gasteiger charge is -1.98. The van der Waals surface area contributed by atoms with Crippen molar-refractivity contribution in [1.29, 1.82) is 0 Å². The van der Waals surface area contributed by atoms with Gasteiger partial charge in [0.25, 0.3) is 5.78 Å². The number of hydrogen-bond acceptors (Lipinski definition) is 5. The molecule has 0 aliphatic rings. The van der Waals surface area contributed by atoms with E-state index in [-0.39, 0.29) is 0 Å². The molecule has 6 nitrogen and oxygen atoms in total. The Morgan fingerprint density at radius 3 is 2.96 bits per heavy atom. The predicted octanol–water partition coefficient (Wildman–Crippen LogP) is 4.01. The first-order chi connectivity index (χ1) is 11.2. The van der Waals surface area contributed by atoms with Gasteiger partial charge in [0.2, 0.25) is 5.16 Å². The lowest BCUT2D eigenvalue weighted by atomic mass is 10.2. The number of hydrogen-bond donors (Lipinski definition) is 0. The highest BCUT2D eigenvalue weighted by Crippen LogP contribution is 2.20. The molecule has 0 bridgehead atoms. The summed E-state index contributed by atoms with van der Waals surface area (Å²) in [5, 5.41) is 18.8. The average Bonchev–Trinajstić information content (AvgIpc) is 3.10. The van der Waals surface area contributed by atoms with Crippen molar-refractivity contribution in [2.24, 2.45) is 5.10 Å². The van der Waals surface area contributed by atoms with E-state index in [0.29, 0.717) is 15.8 Å². The highest BCUT2D eigenvalue weighted by atomic mass is 35.5. The summed E-state index contributed by atoms with van der Waals surface area (Å²) < 4.78 is 3.24. The SMILES string of the molecule is CCCCSc1nnc2n(/N=C\c3ccc(Cl)cc3Cl)cnn12. The first-order valence-corrected chi connectivity index (χ1v) is 8.84. The maximum atomic E-state index is 6.13. The number of fused-ring (bicyclic) bond motifs is 1. The van der Waals surface area contributed by atoms with Crippen molar-refractivity contribution < 1.29 is 0 Å². The van der Waals surface area contributed by atoms with Crippen molar-refractivity contribution in [1.82, 2.24) is 24.5 Å². The molecule has 9 heteroatoms. The van der Waals surface area contributed by atoms with Crippen LogP contribution in [0.3, 0.4) is 0 Å². The van der Waals surface area contributed by atoms with Gasteiger partial charge in [0.05, 0.1) is 11.2 Å². The fraction of sp³-hybridized carbons (Fsp3) is 0.286. The van der Waals surface area contributed by atoms with Crippen LogP contribution < -0.4 is 0 Å². The minimum Gasteiger partial charge on any atom is -0.184 e. The molecule has 0 spiro atoms. The van der Waals surface area contributed by atoms with E-state index in [1.165, 1.54) is 0 Å². The average molecular weight is 369 g/mol. The second-order valence-corrected chi connectivity index (χ2v) is 6.69. The summed E-state index contributed by atoms with van der Waals surface area (Å²) in [6, 6.07) is 5.24. The largest absolute Gasteiger partial charge is 0.275 e. The number of thioether (sulfide) groups is 1. The number of rotatable bonds is 6. The van der Waals surface area contributed by atoms with Gasteiger partial charge in [-0.05, 0) is 18.6 Å². The summed E-state index contributed by atoms with van der Waals surface area (Å²) in [5.74, 6) is 1.55. The van der Waals surface area contributed by atoms with Crippen molar-refractivity contribution in [3.8, 4) is 0 Å². The van der Waals surface area contributed by atoms with E-state index in [9.17, 15) is 0 Å². The normalized spacial score (nSPS) is 11.8. The van der Waals surface area contributed by atoms with Gasteiger partial charge in [-0.1, -0.05) is 54.4 Å². The van der Waals surface area contributed by atoms with Gasteiger partial charge < -0.3 is 0 Å². The standard InChI is InChI=1S/C14H14Cl2N6S/c1-2-3-6-23-14-20-19-13-21(9-18-22(13)14)17-8-10-4-5-11(15)7-12(10)16/h4-5,7-9H,2-3,6H2,1H3/b17-8-. The molecule has 0 saturated heterocycles. The number of unbranched alkanes of at least 4 members (excludes halogenated alkanes) is 1. The van der Waals surface area contributed by atoms with Gasteiger partial charge in [-0.25, -0.2) is 0 Å². The highest BCUT2D eigenvalue weighted by molar-refractivity contribution is 7.99. The third-order valence-electron chi connectivity index (χ3n) is 3.09. The van der Waals surface area contributed by atoms with Crippen LogP contribution in [0.5, 0.6) is 0 Å². The van der Waals surface area contributed by atoms with Gasteiger partial charge in [0.15, 0.2) is 0 Å². The van der Waals surface area contributed by atoms with Crippen LogP contribution in [-0.2, 0) is 0 Å². The number of aromatic nitrogens is 5. The molecule has 3 aromatic rings. The van der Waals surface area contributed by atoms with Gasteiger partial charge in [0.1, 0.15) is 6.33 Å². The van der Waals surface area contributed by atoms with E-state index in [1.807, 2.05) is 0 Å². The van der Waals surface area contributed by atoms with E-state index in [4.69, 9.17) is 23.2 Å². The summed E-state index contributed by atoms with van der Waals surface area (Å²) in [5.41, 5.74) is 0.764. The zero-order valence-corrected chi connectivity index (χ0v) is 14.7. The van der Waals surface area contributed by atoms with Gasteiger partial charge in [-0.2, -0.15) is 19.4 Å². The summed E-state index contributed by atoms with van der Waals surface area (Å²) in [6.45, 7) is 2.16. The van der Waals surface area contributed by atoms with Crippen molar-refractivity contribution >= 4 is 47.0 Å². The molecular formula is C14H14Cl2N6S. The highest BCUT2D eigenvalue weighted by Gasteiger charge is 2.11. The zero-order valence-electron chi connectivity index (χ0n) is 12.4. The molecule has 0 aliphatic carbocycles. The summed E-state index contributed by atoms with van der Waals surface area (Å²) in [6.07, 6.45) is 5.51. The Balaban J connectivity index is 1.82. The fourth-order valence-corrected chi connectivity index (χ4v) is 3.29. The summed E-state index contributed by atoms with van der Waals surface area (Å²) >= 11 is 13.6. The molecule has 120 valence electrons. The van der Waals surface area contributed by atoms with Crippen molar-refractivity contribution in [2.75, 3.05) is 5.75 Å². The Morgan fingerprint density at radius 1 is 1.30 bits per heavy atom. The van der Waals surface area contributed by atoms with Crippen LogP contribution in [0, 0.1) is 0 Å². The zero-order chi connectivity index (χ0) is 16.2. The minimum absolute atomic E-state index is 0.537. The Morgan fingerprint density at radius 2 is 2.17 bits per heavy atom. The first-order valence-electron chi connectivity index (χ1n) is 7.10. The Labute approximate surface area is 147 Å². The quantitative estimate of drug-likeness (QED) is 0.374. The lowest BCUT2D eigenvalue weighted by molar-refractivity contribution is 0.811. The van der Waals surface area contributed by atoms with Gasteiger partial charge in [-0.15, -0.1) is 10.2 Å². The van der Waals surface area contributed by atoms with Crippen LogP contribution in [0.4, 0.5) is 0 Å². The third-order valence-corrected chi connectivity index (χ3v) is 4.66. The Kier molecular flexibility index (Phi) is 5.20. The molecule has 0 N–H and O–H groups in total. The predicted molar refractivity (Wildman–Crippen MR) is 93.9 cm³/mol. The maximum Gasteiger partial charge on any atom is 0.275 e. The molecular weight excluding hydrogens is 355 g/mol. The van der Waals surface area contributed by atoms with Crippen LogP contribution in [0.15, 0.2) is 34.8 Å². The molecule has 1 aromatic carbocycles. The van der Waals surface area contributed by atoms with Crippen molar-refractivity contribution in [2.45, 2.75) is 24.9 Å². The second-order valence-electron chi connectivity index (χ2n) is 4.78. The third kappa shape index (κ3) is 3.68. The molecule has 2 heterocycles. The van der Waals surface area contributed by atoms with Gasteiger partial charge >= 0.3 is 0 Å². The van der Waals surface area contributed by atoms with Gasteiger partial charge in [0, 0.05) is 16.3 Å². The van der Waals surface area contributed by atoms with Crippen LogP contribution in [-0.4, -0.2) is 36.5 Å². The van der Waals surface area contributed by atoms with E-state index < -0.39 is 0 Å². The van der Waals surface area contributed by atoms with E-state index in [1.54, 1.807) is 51.7 Å². The first kappa shape index (κ1) is 16.3. The topological polar surface area (TPSA) is 60.4 Å². The molecule has 0 fully saturated rings. The maximum absolute atomic E-state index is 6.13. The molecule has 3 rings (SSSR count). The molecule has 2 aromatic heterocycles. The minimum atomic E-state index is 0.537. The molecule has 0 amide bonds. The van der Waals surface area contributed by atoms with Crippen LogP contribution in [0.1, 0.15) is 25.3 Å². The lowest BCUT2D eigenvalue weighted by Crippen LogP contribution is -1.92. The van der Waals surface area contributed by atoms with E-state index in [2.05, 4.69) is 27.3 Å². The molecule has 0 unspecified atom stereocenters. The van der Waals surface area contributed by atoms with E-state index >= 15 is 0 Å². The number of benzene rings is 1. The van der Waals surface area contributed by atoms with Crippen LogP contribution >= 0.6 is 35.0 Å². The summed E-state index contributed by atoms with van der Waals surface area (Å²) in [7, 11) is 0. The molecule has 23 heavy (non-hydrogen) atoms. The Bertz CT molecular complexity index is 841. The molecule has 0 aliphatic heterocycles. The molecule has 0 radical (unpaired) electrons. The Hall–Kier alpha value is -1.57. The number of nitrogens with zero attached hydrogens (tertiary/aromatic N) is 6. The second kappa shape index (κ2) is 7.33. The van der Waals surface area contributed by atoms with Crippen molar-refractivity contribution in [3.05, 3.63) is 40.1 Å². The van der Waals surface area contributed by atoms with Crippen LogP contribution in [0.2, 0.25) is 10.0 Å². The molecule has 0 saturated carbocycles. The summed E-state index contributed by atoms with van der Waals surface area (Å²) in [4.78, 5) is 0. The monoisotopic (exact) mass is 368 g/mol. The molecule has 0 atom stereocenters. The smallest absolute Gasteiger partial charge is 0.184 e. The number of halogens is 2. The fourth-order valence-electron chi connectivity index (χ4n) is 1.86.